The molecule has 37 heavy (non-hydrogen) atoms. The molecule has 0 fully saturated rings. The lowest BCUT2D eigenvalue weighted by atomic mass is 9.92. The highest BCUT2D eigenvalue weighted by Gasteiger charge is 2.27. The normalized spacial score (nSPS) is 12.0. The summed E-state index contributed by atoms with van der Waals surface area (Å²) in [6.07, 6.45) is 0.757. The van der Waals surface area contributed by atoms with Gasteiger partial charge in [0.25, 0.3) is 0 Å². The maximum absolute atomic E-state index is 13.7. The summed E-state index contributed by atoms with van der Waals surface area (Å²) in [5, 5.41) is 5.24. The summed E-state index contributed by atoms with van der Waals surface area (Å²) in [6, 6.07) is 20.0. The van der Waals surface area contributed by atoms with Crippen molar-refractivity contribution in [2.24, 2.45) is 0 Å². The molecule has 5 nitrogen and oxygen atoms in total. The van der Waals surface area contributed by atoms with Crippen LogP contribution in [0.3, 0.4) is 0 Å². The second kappa shape index (κ2) is 13.4. The Kier molecular flexibility index (Phi) is 10.3. The molecule has 6 heteroatoms. The Morgan fingerprint density at radius 1 is 0.838 bits per heavy atom. The van der Waals surface area contributed by atoms with Crippen LogP contribution in [0.25, 0.3) is 0 Å². The standard InChI is InChI=1S/C31H41N3O2S/c1-7-24(6)34(31(36)32-30-27(22(2)3)16-11-17-28(30)23(4)5)21-29(35)33(20-26-15-12-18-37-26)19-25-13-9-8-10-14-25/h8-18,22-24H,7,19-21H2,1-6H3,(H,32,36). The van der Waals surface area contributed by atoms with Gasteiger partial charge in [0.1, 0.15) is 6.54 Å². The molecule has 3 rings (SSSR count). The first-order chi connectivity index (χ1) is 17.7. The first-order valence-electron chi connectivity index (χ1n) is 13.3. The van der Waals surface area contributed by atoms with Gasteiger partial charge in [-0.25, -0.2) is 4.79 Å². The smallest absolute Gasteiger partial charge is 0.322 e. The van der Waals surface area contributed by atoms with E-state index in [0.717, 1.165) is 33.7 Å². The molecule has 0 radical (unpaired) electrons. The average Bonchev–Trinajstić information content (AvgIpc) is 3.39. The molecular weight excluding hydrogens is 478 g/mol. The average molecular weight is 520 g/mol. The first kappa shape index (κ1) is 28.5. The fraction of sp³-hybridized carbons (Fsp3) is 0.419. The lowest BCUT2D eigenvalue weighted by Gasteiger charge is -2.32. The first-order valence-corrected chi connectivity index (χ1v) is 14.1. The Labute approximate surface area is 226 Å². The lowest BCUT2D eigenvalue weighted by molar-refractivity contribution is -0.133. The van der Waals surface area contributed by atoms with E-state index >= 15 is 0 Å². The molecule has 0 spiro atoms. The van der Waals surface area contributed by atoms with Crippen molar-refractivity contribution in [2.45, 2.75) is 78.9 Å². The highest BCUT2D eigenvalue weighted by atomic mass is 32.1. The largest absolute Gasteiger partial charge is 0.332 e. The fourth-order valence-corrected chi connectivity index (χ4v) is 5.11. The van der Waals surface area contributed by atoms with Crippen molar-refractivity contribution in [1.82, 2.24) is 9.80 Å². The van der Waals surface area contributed by atoms with Gasteiger partial charge in [-0.3, -0.25) is 4.79 Å². The number of benzene rings is 2. The van der Waals surface area contributed by atoms with Crippen molar-refractivity contribution < 1.29 is 9.59 Å². The molecule has 0 aliphatic heterocycles. The van der Waals surface area contributed by atoms with E-state index in [2.05, 4.69) is 51.2 Å². The van der Waals surface area contributed by atoms with Crippen molar-refractivity contribution in [3.05, 3.63) is 87.6 Å². The zero-order chi connectivity index (χ0) is 26.9. The zero-order valence-electron chi connectivity index (χ0n) is 23.0. The van der Waals surface area contributed by atoms with Crippen LogP contribution in [0.1, 0.15) is 81.4 Å². The maximum atomic E-state index is 13.7. The molecule has 3 amide bonds. The summed E-state index contributed by atoms with van der Waals surface area (Å²) in [7, 11) is 0. The zero-order valence-corrected chi connectivity index (χ0v) is 23.8. The Morgan fingerprint density at radius 2 is 1.49 bits per heavy atom. The minimum Gasteiger partial charge on any atom is -0.332 e. The van der Waals surface area contributed by atoms with Gasteiger partial charge in [-0.15, -0.1) is 11.3 Å². The van der Waals surface area contributed by atoms with E-state index in [1.54, 1.807) is 16.2 Å². The number of carbonyl (C=O) groups excluding carboxylic acids is 2. The van der Waals surface area contributed by atoms with Crippen LogP contribution in [0.15, 0.2) is 66.0 Å². The number of rotatable bonds is 11. The van der Waals surface area contributed by atoms with Gasteiger partial charge in [0, 0.05) is 23.2 Å². The van der Waals surface area contributed by atoms with Gasteiger partial charge in [0.15, 0.2) is 0 Å². The van der Waals surface area contributed by atoms with Gasteiger partial charge in [0.2, 0.25) is 5.91 Å². The highest BCUT2D eigenvalue weighted by Crippen LogP contribution is 2.32. The van der Waals surface area contributed by atoms with Gasteiger partial charge in [-0.1, -0.05) is 89.2 Å². The van der Waals surface area contributed by atoms with Crippen LogP contribution >= 0.6 is 11.3 Å². The molecule has 1 N–H and O–H groups in total. The summed E-state index contributed by atoms with van der Waals surface area (Å²) < 4.78 is 0. The SMILES string of the molecule is CCC(C)N(CC(=O)N(Cc1ccccc1)Cc1cccs1)C(=O)Nc1c(C(C)C)cccc1C(C)C. The number of carbonyl (C=O) groups is 2. The van der Waals surface area contributed by atoms with Crippen molar-refractivity contribution in [1.29, 1.82) is 0 Å². The van der Waals surface area contributed by atoms with Crippen LogP contribution in [0.2, 0.25) is 0 Å². The molecule has 1 atom stereocenters. The predicted octanol–water partition coefficient (Wildman–Crippen LogP) is 7.86. The minimum atomic E-state index is -0.228. The molecular formula is C31H41N3O2S. The number of para-hydroxylation sites is 1. The Hall–Kier alpha value is -3.12. The number of amides is 3. The van der Waals surface area contributed by atoms with Gasteiger partial charge in [-0.2, -0.15) is 0 Å². The van der Waals surface area contributed by atoms with Gasteiger partial charge in [-0.05, 0) is 53.3 Å². The molecule has 0 bridgehead atoms. The number of hydrogen-bond donors (Lipinski definition) is 1. The topological polar surface area (TPSA) is 52.7 Å². The van der Waals surface area contributed by atoms with Crippen molar-refractivity contribution in [2.75, 3.05) is 11.9 Å². The van der Waals surface area contributed by atoms with Gasteiger partial charge < -0.3 is 15.1 Å². The molecule has 2 aromatic carbocycles. The molecule has 0 saturated heterocycles. The van der Waals surface area contributed by atoms with E-state index in [0.29, 0.717) is 13.1 Å². The second-order valence-corrected chi connectivity index (χ2v) is 11.3. The number of urea groups is 1. The third-order valence-electron chi connectivity index (χ3n) is 6.79. The molecule has 0 aliphatic carbocycles. The second-order valence-electron chi connectivity index (χ2n) is 10.3. The van der Waals surface area contributed by atoms with E-state index in [1.807, 2.05) is 66.6 Å². The molecule has 0 aliphatic rings. The monoisotopic (exact) mass is 519 g/mol. The Morgan fingerprint density at radius 3 is 2.03 bits per heavy atom. The number of anilines is 1. The Balaban J connectivity index is 1.86. The maximum Gasteiger partial charge on any atom is 0.322 e. The number of thiophene rings is 1. The number of hydrogen-bond acceptors (Lipinski definition) is 3. The van der Waals surface area contributed by atoms with Crippen molar-refractivity contribution in [3.63, 3.8) is 0 Å². The van der Waals surface area contributed by atoms with E-state index in [-0.39, 0.29) is 36.4 Å². The van der Waals surface area contributed by atoms with E-state index in [1.165, 1.54) is 0 Å². The van der Waals surface area contributed by atoms with Crippen LogP contribution < -0.4 is 5.32 Å². The van der Waals surface area contributed by atoms with Crippen molar-refractivity contribution >= 4 is 29.0 Å². The van der Waals surface area contributed by atoms with Crippen molar-refractivity contribution in [3.8, 4) is 0 Å². The molecule has 1 aromatic heterocycles. The lowest BCUT2D eigenvalue weighted by Crippen LogP contribution is -2.48. The quantitative estimate of drug-likeness (QED) is 0.280. The van der Waals surface area contributed by atoms with Gasteiger partial charge in [0.05, 0.1) is 6.54 Å². The fourth-order valence-electron chi connectivity index (χ4n) is 4.39. The summed E-state index contributed by atoms with van der Waals surface area (Å²) in [6.45, 7) is 13.6. The predicted molar refractivity (Wildman–Crippen MR) is 155 cm³/mol. The van der Waals surface area contributed by atoms with Crippen LogP contribution in [0, 0.1) is 0 Å². The molecule has 0 saturated carbocycles. The third-order valence-corrected chi connectivity index (χ3v) is 7.65. The highest BCUT2D eigenvalue weighted by molar-refractivity contribution is 7.09. The van der Waals surface area contributed by atoms with Crippen LogP contribution in [-0.4, -0.2) is 34.3 Å². The minimum absolute atomic E-state index is 0.0277. The van der Waals surface area contributed by atoms with E-state index < -0.39 is 0 Å². The molecule has 1 heterocycles. The Bertz CT molecular complexity index is 1120. The van der Waals surface area contributed by atoms with Crippen LogP contribution in [0.5, 0.6) is 0 Å². The van der Waals surface area contributed by atoms with E-state index in [9.17, 15) is 9.59 Å². The molecule has 198 valence electrons. The molecule has 3 aromatic rings. The number of nitrogens with one attached hydrogen (secondary N) is 1. The van der Waals surface area contributed by atoms with Gasteiger partial charge >= 0.3 is 6.03 Å². The van der Waals surface area contributed by atoms with E-state index in [4.69, 9.17) is 0 Å². The molecule has 1 unspecified atom stereocenters. The third kappa shape index (κ3) is 7.68. The summed E-state index contributed by atoms with van der Waals surface area (Å²) in [4.78, 5) is 32.1. The number of nitrogens with zero attached hydrogens (tertiary/aromatic N) is 2. The summed E-state index contributed by atoms with van der Waals surface area (Å²) in [5.41, 5.74) is 4.16. The summed E-state index contributed by atoms with van der Waals surface area (Å²) in [5.74, 6) is 0.466. The van der Waals surface area contributed by atoms with Crippen LogP contribution in [0.4, 0.5) is 10.5 Å². The summed E-state index contributed by atoms with van der Waals surface area (Å²) >= 11 is 1.64. The van der Waals surface area contributed by atoms with Crippen LogP contribution in [-0.2, 0) is 17.9 Å².